The van der Waals surface area contributed by atoms with E-state index in [-0.39, 0.29) is 11.8 Å². The molecule has 0 aromatic heterocycles. The zero-order valence-electron chi connectivity index (χ0n) is 19.8. The van der Waals surface area contributed by atoms with Crippen molar-refractivity contribution in [2.24, 2.45) is 11.8 Å². The minimum absolute atomic E-state index is 0.0962. The summed E-state index contributed by atoms with van der Waals surface area (Å²) in [7, 11) is -4.14. The molecule has 0 fully saturated rings. The van der Waals surface area contributed by atoms with Gasteiger partial charge in [0.25, 0.3) is 0 Å². The second kappa shape index (κ2) is 14.9. The second-order valence-electron chi connectivity index (χ2n) is 7.99. The fourth-order valence-electron chi connectivity index (χ4n) is 3.82. The van der Waals surface area contributed by atoms with Gasteiger partial charge < -0.3 is 17.7 Å². The minimum Gasteiger partial charge on any atom is -0.395 e. The van der Waals surface area contributed by atoms with E-state index in [0.29, 0.717) is 32.2 Å². The first-order chi connectivity index (χ1) is 13.2. The van der Waals surface area contributed by atoms with Crippen LogP contribution in [0.5, 0.6) is 0 Å². The molecular formula is C21H46O5Si2. The summed E-state index contributed by atoms with van der Waals surface area (Å²) >= 11 is 0. The van der Waals surface area contributed by atoms with Crippen LogP contribution < -0.4 is 0 Å². The first-order valence-electron chi connectivity index (χ1n) is 11.3. The highest BCUT2D eigenvalue weighted by molar-refractivity contribution is 6.66. The van der Waals surface area contributed by atoms with Gasteiger partial charge in [0.1, 0.15) is 5.78 Å². The average Bonchev–Trinajstić information content (AvgIpc) is 2.61. The molecule has 0 rings (SSSR count). The number of carbonyl (C=O) groups excluding carboxylic acids is 1. The molecule has 2 atom stereocenters. The van der Waals surface area contributed by atoms with E-state index in [0.717, 1.165) is 37.8 Å². The van der Waals surface area contributed by atoms with E-state index >= 15 is 0 Å². The smallest absolute Gasteiger partial charge is 0.334 e. The van der Waals surface area contributed by atoms with Crippen molar-refractivity contribution in [1.82, 2.24) is 0 Å². The Kier molecular flexibility index (Phi) is 14.8. The van der Waals surface area contributed by atoms with Gasteiger partial charge in [-0.3, -0.25) is 4.79 Å². The van der Waals surface area contributed by atoms with E-state index in [9.17, 15) is 4.79 Å². The third-order valence-electron chi connectivity index (χ3n) is 5.31. The van der Waals surface area contributed by atoms with Gasteiger partial charge in [0.05, 0.1) is 0 Å². The highest BCUT2D eigenvalue weighted by Crippen LogP contribution is 2.24. The molecule has 0 heterocycles. The molecule has 2 unspecified atom stereocenters. The van der Waals surface area contributed by atoms with Crippen molar-refractivity contribution < 1.29 is 22.5 Å². The van der Waals surface area contributed by atoms with Gasteiger partial charge in [0.2, 0.25) is 0 Å². The molecule has 0 aliphatic heterocycles. The lowest BCUT2D eigenvalue weighted by Crippen LogP contribution is -2.39. The van der Waals surface area contributed by atoms with E-state index in [1.54, 1.807) is 0 Å². The fourth-order valence-corrected chi connectivity index (χ4v) is 8.70. The van der Waals surface area contributed by atoms with Crippen LogP contribution in [0.4, 0.5) is 0 Å². The van der Waals surface area contributed by atoms with E-state index in [2.05, 4.69) is 26.9 Å². The van der Waals surface area contributed by atoms with Crippen LogP contribution in [0, 0.1) is 11.8 Å². The van der Waals surface area contributed by atoms with Crippen LogP contribution in [0.3, 0.4) is 0 Å². The number of hydrogen-bond donors (Lipinski definition) is 0. The molecule has 0 spiro atoms. The number of carbonyl (C=O) groups is 1. The highest BCUT2D eigenvalue weighted by Gasteiger charge is 2.32. The normalized spacial score (nSPS) is 14.9. The summed E-state index contributed by atoms with van der Waals surface area (Å²) < 4.78 is 23.6. The Morgan fingerprint density at radius 1 is 0.679 bits per heavy atom. The summed E-state index contributed by atoms with van der Waals surface area (Å²) in [6, 6.07) is 1.90. The van der Waals surface area contributed by atoms with Gasteiger partial charge in [-0.05, 0) is 65.7 Å². The molecule has 0 aliphatic rings. The van der Waals surface area contributed by atoms with Crippen LogP contribution >= 0.6 is 0 Å². The summed E-state index contributed by atoms with van der Waals surface area (Å²) in [4.78, 5) is 12.8. The minimum atomic E-state index is -2.07. The molecule has 0 aromatic rings. The zero-order chi connectivity index (χ0) is 21.6. The Labute approximate surface area is 176 Å². The standard InChI is InChI=1S/C21H46O5Si2/c1-9-23-27(7,24-10-2)17-13-15-19(5)21(22)20(6)16-14-18-28(8,25-11-3)26-12-4/h19-20H,9-18H2,1-8H3. The zero-order valence-corrected chi connectivity index (χ0v) is 21.8. The van der Waals surface area contributed by atoms with Crippen molar-refractivity contribution in [1.29, 1.82) is 0 Å². The summed E-state index contributed by atoms with van der Waals surface area (Å²) in [5.41, 5.74) is 0. The Bertz CT molecular complexity index is 372. The highest BCUT2D eigenvalue weighted by atomic mass is 28.4. The number of ketones is 1. The molecule has 0 radical (unpaired) electrons. The van der Waals surface area contributed by atoms with Gasteiger partial charge in [-0.1, -0.05) is 26.7 Å². The lowest BCUT2D eigenvalue weighted by atomic mass is 9.89. The van der Waals surface area contributed by atoms with Crippen LogP contribution in [0.25, 0.3) is 0 Å². The number of rotatable bonds is 18. The summed E-state index contributed by atoms with van der Waals surface area (Å²) in [5, 5.41) is 0. The van der Waals surface area contributed by atoms with Gasteiger partial charge in [-0.25, -0.2) is 0 Å². The average molecular weight is 435 g/mol. The molecule has 0 bridgehead atoms. The molecule has 0 aromatic carbocycles. The van der Waals surface area contributed by atoms with E-state index in [1.165, 1.54) is 0 Å². The molecule has 0 aliphatic carbocycles. The monoisotopic (exact) mass is 434 g/mol. The summed E-state index contributed by atoms with van der Waals surface area (Å²) in [5.74, 6) is 0.574. The van der Waals surface area contributed by atoms with Gasteiger partial charge in [0, 0.05) is 38.3 Å². The SMILES string of the molecule is CCO[Si](C)(CCCC(C)C(=O)C(C)CCC[Si](C)(OCC)OCC)OCC. The maximum atomic E-state index is 12.8. The molecule has 0 amide bonds. The quantitative estimate of drug-likeness (QED) is 0.260. The van der Waals surface area contributed by atoms with Gasteiger partial charge in [-0.15, -0.1) is 0 Å². The first-order valence-corrected chi connectivity index (χ1v) is 16.3. The summed E-state index contributed by atoms with van der Waals surface area (Å²) in [6.45, 7) is 19.2. The van der Waals surface area contributed by atoms with Gasteiger partial charge in [-0.2, -0.15) is 0 Å². The van der Waals surface area contributed by atoms with Crippen LogP contribution in [0.15, 0.2) is 0 Å². The molecule has 28 heavy (non-hydrogen) atoms. The molecule has 7 heteroatoms. The van der Waals surface area contributed by atoms with Crippen molar-refractivity contribution in [2.75, 3.05) is 26.4 Å². The third-order valence-corrected chi connectivity index (χ3v) is 11.4. The predicted octanol–water partition coefficient (Wildman–Crippen LogP) is 5.68. The Hall–Kier alpha value is -0.0562. The van der Waals surface area contributed by atoms with Crippen molar-refractivity contribution in [2.45, 2.75) is 92.4 Å². The van der Waals surface area contributed by atoms with Crippen molar-refractivity contribution in [3.8, 4) is 0 Å². The lowest BCUT2D eigenvalue weighted by Gasteiger charge is -2.27. The van der Waals surface area contributed by atoms with Crippen LogP contribution in [-0.2, 0) is 22.5 Å². The maximum absolute atomic E-state index is 12.8. The van der Waals surface area contributed by atoms with Crippen LogP contribution in [0.2, 0.25) is 25.2 Å². The largest absolute Gasteiger partial charge is 0.395 e. The Morgan fingerprint density at radius 3 is 1.21 bits per heavy atom. The molecule has 5 nitrogen and oxygen atoms in total. The van der Waals surface area contributed by atoms with E-state index in [1.807, 2.05) is 27.7 Å². The van der Waals surface area contributed by atoms with E-state index < -0.39 is 17.1 Å². The molecule has 168 valence electrons. The maximum Gasteiger partial charge on any atom is 0.334 e. The van der Waals surface area contributed by atoms with Crippen molar-refractivity contribution >= 4 is 22.9 Å². The number of Topliss-reactive ketones (excluding diaryl/α,β-unsaturated/α-hetero) is 1. The van der Waals surface area contributed by atoms with Gasteiger partial charge in [0.15, 0.2) is 0 Å². The fraction of sp³-hybridized carbons (Fsp3) is 0.952. The van der Waals surface area contributed by atoms with E-state index in [4.69, 9.17) is 17.7 Å². The Morgan fingerprint density at radius 2 is 0.964 bits per heavy atom. The van der Waals surface area contributed by atoms with Gasteiger partial charge >= 0.3 is 17.1 Å². The van der Waals surface area contributed by atoms with Crippen molar-refractivity contribution in [3.05, 3.63) is 0 Å². The topological polar surface area (TPSA) is 54.0 Å². The third kappa shape index (κ3) is 11.2. The Balaban J connectivity index is 4.36. The molecule has 0 N–H and O–H groups in total. The van der Waals surface area contributed by atoms with Crippen LogP contribution in [0.1, 0.15) is 67.2 Å². The lowest BCUT2D eigenvalue weighted by molar-refractivity contribution is -0.126. The molecular weight excluding hydrogens is 388 g/mol. The molecule has 0 saturated heterocycles. The van der Waals surface area contributed by atoms with Crippen LogP contribution in [-0.4, -0.2) is 49.3 Å². The number of hydrogen-bond acceptors (Lipinski definition) is 5. The summed E-state index contributed by atoms with van der Waals surface area (Å²) in [6.07, 6.45) is 3.80. The molecule has 0 saturated carbocycles. The first kappa shape index (κ1) is 27.9. The predicted molar refractivity (Wildman–Crippen MR) is 121 cm³/mol. The van der Waals surface area contributed by atoms with Crippen molar-refractivity contribution in [3.63, 3.8) is 0 Å². The second-order valence-corrected chi connectivity index (χ2v) is 14.7.